The second kappa shape index (κ2) is 7.44. The fourth-order valence-corrected chi connectivity index (χ4v) is 4.34. The maximum absolute atomic E-state index is 12.5. The van der Waals surface area contributed by atoms with E-state index in [1.165, 1.54) is 16.2 Å². The number of aryl methyl sites for hydroxylation is 1. The highest BCUT2D eigenvalue weighted by atomic mass is 32.1. The van der Waals surface area contributed by atoms with Crippen molar-refractivity contribution in [2.45, 2.75) is 19.9 Å². The van der Waals surface area contributed by atoms with Gasteiger partial charge in [-0.25, -0.2) is 4.98 Å². The Morgan fingerprint density at radius 3 is 2.61 bits per heavy atom. The fourth-order valence-electron chi connectivity index (χ4n) is 3.52. The summed E-state index contributed by atoms with van der Waals surface area (Å²) in [6.07, 6.45) is 1.60. The third-order valence-electron chi connectivity index (χ3n) is 5.02. The van der Waals surface area contributed by atoms with Gasteiger partial charge >= 0.3 is 0 Å². The molecule has 4 aromatic rings. The highest BCUT2D eigenvalue weighted by molar-refractivity contribution is 7.15. The van der Waals surface area contributed by atoms with Crippen LogP contribution in [0.1, 0.15) is 36.9 Å². The van der Waals surface area contributed by atoms with Crippen LogP contribution < -0.4 is 5.32 Å². The normalized spacial score (nSPS) is 13.1. The number of carbonyl (C=O) groups is 3. The van der Waals surface area contributed by atoms with Crippen molar-refractivity contribution in [1.82, 2.24) is 15.0 Å². The molecule has 9 heteroatoms. The number of imide groups is 1. The van der Waals surface area contributed by atoms with E-state index in [0.717, 1.165) is 10.9 Å². The first-order valence-corrected chi connectivity index (χ1v) is 10.4. The summed E-state index contributed by atoms with van der Waals surface area (Å²) in [4.78, 5) is 43.6. The molecule has 31 heavy (non-hydrogen) atoms. The lowest BCUT2D eigenvalue weighted by Crippen LogP contribution is -2.28. The number of fused-ring (bicyclic) bond motifs is 2. The van der Waals surface area contributed by atoms with Crippen LogP contribution in [0.4, 0.5) is 5.13 Å². The highest BCUT2D eigenvalue weighted by Crippen LogP contribution is 2.27. The van der Waals surface area contributed by atoms with Gasteiger partial charge in [0.2, 0.25) is 5.91 Å². The van der Waals surface area contributed by atoms with Crippen LogP contribution in [0.15, 0.2) is 53.2 Å². The molecule has 0 bridgehead atoms. The molecule has 1 aliphatic rings. The summed E-state index contributed by atoms with van der Waals surface area (Å²) in [6.45, 7) is 2.06. The first kappa shape index (κ1) is 19.1. The van der Waals surface area contributed by atoms with Gasteiger partial charge in [-0.1, -0.05) is 40.3 Å². The molecule has 0 spiro atoms. The van der Waals surface area contributed by atoms with E-state index in [0.29, 0.717) is 32.4 Å². The van der Waals surface area contributed by atoms with Crippen LogP contribution in [-0.2, 0) is 17.8 Å². The lowest BCUT2D eigenvalue weighted by Gasteiger charge is -2.11. The Labute approximate surface area is 180 Å². The number of benzene rings is 2. The number of thiazole rings is 1. The average Bonchev–Trinajstić information content (AvgIpc) is 3.43. The summed E-state index contributed by atoms with van der Waals surface area (Å²) < 4.78 is 5.27. The Morgan fingerprint density at radius 1 is 1.13 bits per heavy atom. The van der Waals surface area contributed by atoms with Crippen molar-refractivity contribution in [2.24, 2.45) is 0 Å². The fraction of sp³-hybridized carbons (Fsp3) is 0.136. The van der Waals surface area contributed by atoms with Crippen molar-refractivity contribution < 1.29 is 18.9 Å². The minimum atomic E-state index is -0.326. The molecule has 0 fully saturated rings. The molecule has 0 atom stereocenters. The van der Waals surface area contributed by atoms with Gasteiger partial charge in [0.15, 0.2) is 10.7 Å². The van der Waals surface area contributed by atoms with E-state index in [4.69, 9.17) is 4.52 Å². The van der Waals surface area contributed by atoms with Crippen LogP contribution in [-0.4, -0.2) is 32.8 Å². The molecule has 3 amide bonds. The molecule has 3 heterocycles. The van der Waals surface area contributed by atoms with Gasteiger partial charge < -0.3 is 9.84 Å². The number of carbonyl (C=O) groups excluding carboxylic acids is 3. The first-order chi connectivity index (χ1) is 15.0. The van der Waals surface area contributed by atoms with E-state index in [1.807, 2.05) is 25.1 Å². The van der Waals surface area contributed by atoms with Gasteiger partial charge in [-0.2, -0.15) is 0 Å². The predicted octanol–water partition coefficient (Wildman–Crippen LogP) is 3.57. The van der Waals surface area contributed by atoms with Crippen LogP contribution >= 0.6 is 11.3 Å². The molecule has 5 rings (SSSR count). The van der Waals surface area contributed by atoms with E-state index in [2.05, 4.69) is 15.5 Å². The molecule has 0 unspecified atom stereocenters. The molecule has 1 aliphatic heterocycles. The molecular formula is C22H16N4O4S. The van der Waals surface area contributed by atoms with E-state index < -0.39 is 0 Å². The number of hydrogen-bond acceptors (Lipinski definition) is 7. The molecule has 154 valence electrons. The Balaban J connectivity index is 1.26. The van der Waals surface area contributed by atoms with Crippen molar-refractivity contribution in [3.8, 4) is 0 Å². The number of nitrogens with zero attached hydrogens (tertiary/aromatic N) is 3. The van der Waals surface area contributed by atoms with Crippen molar-refractivity contribution in [3.63, 3.8) is 0 Å². The Kier molecular flexibility index (Phi) is 4.59. The van der Waals surface area contributed by atoms with Crippen molar-refractivity contribution in [3.05, 3.63) is 75.9 Å². The molecule has 2 aromatic heterocycles. The standard InChI is InChI=1S/C22H16N4O4S/c1-12-6-7-18-16(8-12)17(25-30-18)9-19(27)24-22-23-10-13(31-22)11-26-20(28)14-4-2-3-5-15(14)21(26)29/h2-8,10H,9,11H2,1H3,(H,23,24,27). The Bertz CT molecular complexity index is 1320. The van der Waals surface area contributed by atoms with Gasteiger partial charge in [-0.15, -0.1) is 0 Å². The van der Waals surface area contributed by atoms with E-state index >= 15 is 0 Å². The second-order valence-corrected chi connectivity index (χ2v) is 8.34. The van der Waals surface area contributed by atoms with Crippen LogP contribution in [0.3, 0.4) is 0 Å². The third kappa shape index (κ3) is 3.49. The molecular weight excluding hydrogens is 416 g/mol. The van der Waals surface area contributed by atoms with Gasteiger partial charge in [-0.3, -0.25) is 19.3 Å². The molecule has 0 radical (unpaired) electrons. The maximum Gasteiger partial charge on any atom is 0.261 e. The van der Waals surface area contributed by atoms with Gasteiger partial charge in [0.25, 0.3) is 11.8 Å². The van der Waals surface area contributed by atoms with Crippen molar-refractivity contribution >= 4 is 45.2 Å². The SMILES string of the molecule is Cc1ccc2onc(CC(=O)Nc3ncc(CN4C(=O)c5ccccc5C4=O)s3)c2c1. The number of nitrogens with one attached hydrogen (secondary N) is 1. The summed E-state index contributed by atoms with van der Waals surface area (Å²) in [5, 5.41) is 7.93. The lowest BCUT2D eigenvalue weighted by atomic mass is 10.1. The number of hydrogen-bond donors (Lipinski definition) is 1. The van der Waals surface area contributed by atoms with Gasteiger partial charge in [0.1, 0.15) is 5.69 Å². The number of aromatic nitrogens is 2. The minimum absolute atomic E-state index is 0.0454. The van der Waals surface area contributed by atoms with Crippen LogP contribution in [0.2, 0.25) is 0 Å². The summed E-state index contributed by atoms with van der Waals surface area (Å²) in [5.41, 5.74) is 3.04. The topological polar surface area (TPSA) is 105 Å². The minimum Gasteiger partial charge on any atom is -0.356 e. The number of amides is 3. The first-order valence-electron chi connectivity index (χ1n) is 9.54. The van der Waals surface area contributed by atoms with Gasteiger partial charge in [-0.05, 0) is 31.2 Å². The van der Waals surface area contributed by atoms with E-state index in [9.17, 15) is 14.4 Å². The molecule has 1 N–H and O–H groups in total. The van der Waals surface area contributed by atoms with Crippen molar-refractivity contribution in [2.75, 3.05) is 5.32 Å². The van der Waals surface area contributed by atoms with Gasteiger partial charge in [0, 0.05) is 16.5 Å². The summed E-state index contributed by atoms with van der Waals surface area (Å²) in [6, 6.07) is 12.4. The van der Waals surface area contributed by atoms with E-state index in [-0.39, 0.29) is 30.7 Å². The second-order valence-electron chi connectivity index (χ2n) is 7.23. The molecule has 0 aliphatic carbocycles. The third-order valence-corrected chi connectivity index (χ3v) is 5.92. The Hall–Kier alpha value is -3.85. The quantitative estimate of drug-likeness (QED) is 0.484. The van der Waals surface area contributed by atoms with Crippen molar-refractivity contribution in [1.29, 1.82) is 0 Å². The number of anilines is 1. The average molecular weight is 432 g/mol. The highest BCUT2D eigenvalue weighted by Gasteiger charge is 2.35. The summed E-state index contributed by atoms with van der Waals surface area (Å²) >= 11 is 1.22. The largest absolute Gasteiger partial charge is 0.356 e. The zero-order chi connectivity index (χ0) is 21.5. The molecule has 0 saturated carbocycles. The molecule has 2 aromatic carbocycles. The zero-order valence-electron chi connectivity index (χ0n) is 16.4. The molecule has 0 saturated heterocycles. The van der Waals surface area contributed by atoms with Crippen LogP contribution in [0, 0.1) is 6.92 Å². The van der Waals surface area contributed by atoms with Crippen LogP contribution in [0.25, 0.3) is 11.0 Å². The summed E-state index contributed by atoms with van der Waals surface area (Å²) in [5.74, 6) is -0.932. The molecule has 8 nitrogen and oxygen atoms in total. The zero-order valence-corrected chi connectivity index (χ0v) is 17.2. The number of rotatable bonds is 5. The monoisotopic (exact) mass is 432 g/mol. The predicted molar refractivity (Wildman–Crippen MR) is 114 cm³/mol. The summed E-state index contributed by atoms with van der Waals surface area (Å²) in [7, 11) is 0. The Morgan fingerprint density at radius 2 is 1.87 bits per heavy atom. The van der Waals surface area contributed by atoms with Gasteiger partial charge in [0.05, 0.1) is 24.1 Å². The van der Waals surface area contributed by atoms with Crippen LogP contribution in [0.5, 0.6) is 0 Å². The lowest BCUT2D eigenvalue weighted by molar-refractivity contribution is -0.115. The smallest absolute Gasteiger partial charge is 0.261 e. The van der Waals surface area contributed by atoms with E-state index in [1.54, 1.807) is 30.5 Å². The maximum atomic E-state index is 12.5.